The molecule has 1 amide bonds. The van der Waals surface area contributed by atoms with Gasteiger partial charge in [0.1, 0.15) is 11.4 Å². The lowest BCUT2D eigenvalue weighted by Gasteiger charge is -2.48. The van der Waals surface area contributed by atoms with Crippen molar-refractivity contribution in [1.82, 2.24) is 4.90 Å². The Kier molecular flexibility index (Phi) is 5.23. The first-order valence-electron chi connectivity index (χ1n) is 9.27. The minimum absolute atomic E-state index is 0.221. The lowest BCUT2D eigenvalue weighted by atomic mass is 9.75. The fourth-order valence-corrected chi connectivity index (χ4v) is 4.17. The van der Waals surface area contributed by atoms with Crippen LogP contribution in [-0.2, 0) is 4.74 Å². The summed E-state index contributed by atoms with van der Waals surface area (Å²) in [4.78, 5) is 27.0. The normalized spacial score (nSPS) is 25.3. The number of hydrogen-bond acceptors (Lipinski definition) is 3. The molecule has 2 aliphatic rings. The van der Waals surface area contributed by atoms with Crippen molar-refractivity contribution in [1.29, 1.82) is 0 Å². The molecule has 148 valence electrons. The van der Waals surface area contributed by atoms with Gasteiger partial charge >= 0.3 is 6.09 Å². The molecule has 2 aliphatic heterocycles. The number of fused-ring (bicyclic) bond motifs is 2. The van der Waals surface area contributed by atoms with Crippen molar-refractivity contribution in [2.45, 2.75) is 70.6 Å². The van der Waals surface area contributed by atoms with Crippen molar-refractivity contribution in [3.8, 4) is 0 Å². The average molecular weight is 383 g/mol. The summed E-state index contributed by atoms with van der Waals surface area (Å²) >= 11 is 0. The highest BCUT2D eigenvalue weighted by Crippen LogP contribution is 2.39. The van der Waals surface area contributed by atoms with E-state index in [1.54, 1.807) is 25.7 Å². The number of rotatable bonds is 2. The third-order valence-electron chi connectivity index (χ3n) is 5.24. The molecule has 0 saturated carbocycles. The fraction of sp³-hybridized carbons (Fsp3) is 0.600. The summed E-state index contributed by atoms with van der Waals surface area (Å²) in [6.07, 6.45) is 2.49. The molecule has 2 saturated heterocycles. The minimum atomic E-state index is -1.44. The van der Waals surface area contributed by atoms with Crippen LogP contribution in [0, 0.1) is 23.4 Å². The molecule has 4 nitrogen and oxygen atoms in total. The smallest absolute Gasteiger partial charge is 0.410 e. The van der Waals surface area contributed by atoms with Gasteiger partial charge in [-0.1, -0.05) is 0 Å². The van der Waals surface area contributed by atoms with E-state index in [9.17, 15) is 22.8 Å². The number of benzene rings is 1. The van der Waals surface area contributed by atoms with Gasteiger partial charge in [-0.2, -0.15) is 0 Å². The van der Waals surface area contributed by atoms with E-state index >= 15 is 0 Å². The molecule has 27 heavy (non-hydrogen) atoms. The first-order chi connectivity index (χ1) is 12.6. The number of hydrogen-bond donors (Lipinski definition) is 0. The molecule has 0 spiro atoms. The van der Waals surface area contributed by atoms with Crippen LogP contribution in [0.4, 0.5) is 18.0 Å². The predicted molar refractivity (Wildman–Crippen MR) is 92.9 cm³/mol. The molecule has 0 N–H and O–H groups in total. The lowest BCUT2D eigenvalue weighted by Crippen LogP contribution is -2.56. The Morgan fingerprint density at radius 2 is 1.59 bits per heavy atom. The Morgan fingerprint density at radius 1 is 1.04 bits per heavy atom. The fourth-order valence-electron chi connectivity index (χ4n) is 4.17. The van der Waals surface area contributed by atoms with E-state index in [0.29, 0.717) is 31.7 Å². The van der Waals surface area contributed by atoms with E-state index in [1.807, 2.05) is 0 Å². The molecule has 2 atom stereocenters. The van der Waals surface area contributed by atoms with Crippen LogP contribution in [0.5, 0.6) is 0 Å². The summed E-state index contributed by atoms with van der Waals surface area (Å²) < 4.78 is 47.0. The maximum atomic E-state index is 14.0. The first-order valence-corrected chi connectivity index (χ1v) is 9.27. The van der Waals surface area contributed by atoms with Gasteiger partial charge in [-0.15, -0.1) is 0 Å². The van der Waals surface area contributed by atoms with Gasteiger partial charge in [-0.05, 0) is 65.0 Å². The van der Waals surface area contributed by atoms with Gasteiger partial charge in [0.2, 0.25) is 0 Å². The zero-order valence-corrected chi connectivity index (χ0v) is 15.7. The van der Waals surface area contributed by atoms with Gasteiger partial charge in [-0.3, -0.25) is 4.79 Å². The summed E-state index contributed by atoms with van der Waals surface area (Å²) in [5.41, 5.74) is -1.45. The summed E-state index contributed by atoms with van der Waals surface area (Å²) in [5.74, 6) is -5.13. The topological polar surface area (TPSA) is 46.6 Å². The molecule has 1 aromatic rings. The van der Waals surface area contributed by atoms with Crippen molar-refractivity contribution in [2.24, 2.45) is 5.92 Å². The van der Waals surface area contributed by atoms with Crippen LogP contribution in [0.25, 0.3) is 0 Å². The molecule has 2 heterocycles. The second-order valence-electron chi connectivity index (χ2n) is 8.38. The van der Waals surface area contributed by atoms with Crippen LogP contribution in [0.2, 0.25) is 0 Å². The molecule has 2 unspecified atom stereocenters. The minimum Gasteiger partial charge on any atom is -0.444 e. The third kappa shape index (κ3) is 3.96. The molecular formula is C20H24F3NO3. The SMILES string of the molecule is CC(C)(C)OC(=O)N1C2CCCC1CC(C(=O)c1c(F)ccc(F)c1F)C2. The summed E-state index contributed by atoms with van der Waals surface area (Å²) in [7, 11) is 0. The van der Waals surface area contributed by atoms with Crippen LogP contribution in [0.15, 0.2) is 12.1 Å². The number of halogens is 3. The van der Waals surface area contributed by atoms with Crippen molar-refractivity contribution in [3.63, 3.8) is 0 Å². The van der Waals surface area contributed by atoms with Crippen LogP contribution in [-0.4, -0.2) is 34.5 Å². The third-order valence-corrected chi connectivity index (χ3v) is 5.24. The molecule has 0 aromatic heterocycles. The number of piperidine rings is 2. The van der Waals surface area contributed by atoms with E-state index in [1.165, 1.54) is 0 Å². The van der Waals surface area contributed by atoms with E-state index in [4.69, 9.17) is 4.74 Å². The number of ketones is 1. The highest BCUT2D eigenvalue weighted by Gasteiger charge is 2.45. The molecular weight excluding hydrogens is 359 g/mol. The molecule has 1 aromatic carbocycles. The van der Waals surface area contributed by atoms with Gasteiger partial charge in [-0.25, -0.2) is 18.0 Å². The van der Waals surface area contributed by atoms with E-state index in [0.717, 1.165) is 12.5 Å². The van der Waals surface area contributed by atoms with Crippen LogP contribution < -0.4 is 0 Å². The van der Waals surface area contributed by atoms with E-state index in [2.05, 4.69) is 0 Å². The van der Waals surface area contributed by atoms with Crippen LogP contribution >= 0.6 is 0 Å². The zero-order valence-electron chi connectivity index (χ0n) is 15.7. The summed E-state index contributed by atoms with van der Waals surface area (Å²) in [5, 5.41) is 0. The second-order valence-corrected chi connectivity index (χ2v) is 8.38. The highest BCUT2D eigenvalue weighted by molar-refractivity contribution is 5.98. The quantitative estimate of drug-likeness (QED) is 0.542. The summed E-state index contributed by atoms with van der Waals surface area (Å²) in [6.45, 7) is 5.35. The van der Waals surface area contributed by atoms with E-state index in [-0.39, 0.29) is 12.1 Å². The Balaban J connectivity index is 1.82. The predicted octanol–water partition coefficient (Wildman–Crippen LogP) is 4.85. The zero-order chi connectivity index (χ0) is 19.9. The number of nitrogens with zero attached hydrogens (tertiary/aromatic N) is 1. The van der Waals surface area contributed by atoms with Gasteiger partial charge in [0, 0.05) is 18.0 Å². The Bertz CT molecular complexity index is 746. The van der Waals surface area contributed by atoms with E-state index < -0.39 is 46.4 Å². The number of amides is 1. The van der Waals surface area contributed by atoms with Crippen LogP contribution in [0.1, 0.15) is 63.2 Å². The van der Waals surface area contributed by atoms with Crippen molar-refractivity contribution >= 4 is 11.9 Å². The molecule has 2 fully saturated rings. The summed E-state index contributed by atoms with van der Waals surface area (Å²) in [6, 6.07) is 0.991. The van der Waals surface area contributed by atoms with Crippen LogP contribution in [0.3, 0.4) is 0 Å². The largest absolute Gasteiger partial charge is 0.444 e. The molecule has 2 bridgehead atoms. The monoisotopic (exact) mass is 383 g/mol. The average Bonchev–Trinajstić information content (AvgIpc) is 2.55. The Hall–Kier alpha value is -2.05. The van der Waals surface area contributed by atoms with Gasteiger partial charge in [0.25, 0.3) is 0 Å². The van der Waals surface area contributed by atoms with Gasteiger partial charge in [0.15, 0.2) is 17.4 Å². The number of carbonyl (C=O) groups is 2. The molecule has 3 rings (SSSR count). The standard InChI is InChI=1S/C20H24F3NO3/c1-20(2,3)27-19(26)24-12-5-4-6-13(24)10-11(9-12)18(25)16-14(21)7-8-15(22)17(16)23/h7-8,11-13H,4-6,9-10H2,1-3H3. The maximum absolute atomic E-state index is 14.0. The number of ether oxygens (including phenoxy) is 1. The number of carbonyl (C=O) groups excluding carboxylic acids is 2. The molecule has 0 aliphatic carbocycles. The maximum Gasteiger partial charge on any atom is 0.410 e. The Labute approximate surface area is 156 Å². The van der Waals surface area contributed by atoms with Crippen molar-refractivity contribution in [2.75, 3.05) is 0 Å². The Morgan fingerprint density at radius 3 is 2.15 bits per heavy atom. The lowest BCUT2D eigenvalue weighted by molar-refractivity contribution is -0.0261. The number of Topliss-reactive ketones (excluding diaryl/α,β-unsaturated/α-hetero) is 1. The van der Waals surface area contributed by atoms with Gasteiger partial charge < -0.3 is 9.64 Å². The van der Waals surface area contributed by atoms with Crippen molar-refractivity contribution in [3.05, 3.63) is 35.1 Å². The van der Waals surface area contributed by atoms with Crippen molar-refractivity contribution < 1.29 is 27.5 Å². The van der Waals surface area contributed by atoms with Gasteiger partial charge in [0.05, 0.1) is 5.56 Å². The highest BCUT2D eigenvalue weighted by atomic mass is 19.2. The molecule has 0 radical (unpaired) electrons. The molecule has 7 heteroatoms. The first kappa shape index (κ1) is 19.7. The second kappa shape index (κ2) is 7.17.